The summed E-state index contributed by atoms with van der Waals surface area (Å²) in [5.41, 5.74) is 7.76. The summed E-state index contributed by atoms with van der Waals surface area (Å²) in [7, 11) is 0. The number of nitriles is 1. The number of fused-ring (bicyclic) bond motifs is 2. The van der Waals surface area contributed by atoms with E-state index >= 15 is 0 Å². The number of nitrogen functional groups attached to an aromatic ring is 1. The average molecular weight is 411 g/mol. The predicted octanol–water partition coefficient (Wildman–Crippen LogP) is 2.55. The number of aromatic nitrogens is 4. The number of ether oxygens (including phenoxy) is 2. The SMILES string of the molecule is CC(C)NCCCn1c(Sc2cc3c(cc2C#N)OCO3)nc2c(N)ncnc21. The number of anilines is 1. The monoisotopic (exact) mass is 411 g/mol. The molecule has 3 heterocycles. The van der Waals surface area contributed by atoms with Gasteiger partial charge in [-0.2, -0.15) is 5.26 Å². The molecule has 9 nitrogen and oxygen atoms in total. The number of aryl methyl sites for hydroxylation is 1. The quantitative estimate of drug-likeness (QED) is 0.564. The van der Waals surface area contributed by atoms with Crippen molar-refractivity contribution in [3.63, 3.8) is 0 Å². The maximum absolute atomic E-state index is 9.57. The molecule has 0 atom stereocenters. The third-order valence-corrected chi connectivity index (χ3v) is 5.48. The van der Waals surface area contributed by atoms with Crippen LogP contribution in [0.5, 0.6) is 11.5 Å². The highest BCUT2D eigenvalue weighted by atomic mass is 32.2. The lowest BCUT2D eigenvalue weighted by Gasteiger charge is -2.11. The highest BCUT2D eigenvalue weighted by Gasteiger charge is 2.21. The molecule has 1 aliphatic heterocycles. The van der Waals surface area contributed by atoms with E-state index in [1.807, 2.05) is 10.6 Å². The molecule has 10 heteroatoms. The molecule has 0 saturated carbocycles. The molecule has 0 saturated heterocycles. The number of rotatable bonds is 7. The minimum atomic E-state index is 0.155. The molecule has 3 N–H and O–H groups in total. The standard InChI is InChI=1S/C19H21N7O2S/c1-11(2)22-4-3-5-26-18-16(17(21)23-9-24-18)25-19(26)29-15-7-14-13(27-10-28-14)6-12(15)8-20/h6-7,9,11,22H,3-5,10H2,1-2H3,(H2,21,23,24). The number of nitrogens with two attached hydrogens (primary N) is 1. The molecular formula is C19H21N7O2S. The van der Waals surface area contributed by atoms with Crippen molar-refractivity contribution in [1.82, 2.24) is 24.8 Å². The Kier molecular flexibility index (Phi) is 5.42. The second-order valence-corrected chi connectivity index (χ2v) is 7.86. The third kappa shape index (κ3) is 3.92. The van der Waals surface area contributed by atoms with E-state index in [0.717, 1.165) is 17.9 Å². The first-order chi connectivity index (χ1) is 14.1. The van der Waals surface area contributed by atoms with Crippen LogP contribution in [0.25, 0.3) is 11.2 Å². The zero-order chi connectivity index (χ0) is 20.4. The Morgan fingerprint density at radius 3 is 2.86 bits per heavy atom. The van der Waals surface area contributed by atoms with Gasteiger partial charge in [0.05, 0.1) is 5.56 Å². The Hall–Kier alpha value is -3.03. The zero-order valence-electron chi connectivity index (χ0n) is 16.2. The molecule has 0 aliphatic carbocycles. The molecule has 0 radical (unpaired) electrons. The largest absolute Gasteiger partial charge is 0.454 e. The van der Waals surface area contributed by atoms with Crippen LogP contribution in [0.4, 0.5) is 5.82 Å². The van der Waals surface area contributed by atoms with Crippen LogP contribution >= 0.6 is 11.8 Å². The third-order valence-electron chi connectivity index (χ3n) is 4.43. The maximum atomic E-state index is 9.57. The number of benzene rings is 1. The van der Waals surface area contributed by atoms with Gasteiger partial charge in [-0.05, 0) is 19.0 Å². The van der Waals surface area contributed by atoms with E-state index in [4.69, 9.17) is 15.2 Å². The highest BCUT2D eigenvalue weighted by molar-refractivity contribution is 7.99. The zero-order valence-corrected chi connectivity index (χ0v) is 17.0. The van der Waals surface area contributed by atoms with Crippen molar-refractivity contribution in [3.05, 3.63) is 24.0 Å². The minimum Gasteiger partial charge on any atom is -0.454 e. The van der Waals surface area contributed by atoms with Crippen molar-refractivity contribution in [2.75, 3.05) is 19.1 Å². The van der Waals surface area contributed by atoms with Gasteiger partial charge < -0.3 is 25.1 Å². The van der Waals surface area contributed by atoms with E-state index in [0.29, 0.717) is 51.8 Å². The van der Waals surface area contributed by atoms with Crippen LogP contribution in [0.1, 0.15) is 25.8 Å². The fraction of sp³-hybridized carbons (Fsp3) is 0.368. The summed E-state index contributed by atoms with van der Waals surface area (Å²) in [5, 5.41) is 13.7. The van der Waals surface area contributed by atoms with Gasteiger partial charge in [0, 0.05) is 23.5 Å². The van der Waals surface area contributed by atoms with Crippen LogP contribution in [0.2, 0.25) is 0 Å². The molecular weight excluding hydrogens is 390 g/mol. The summed E-state index contributed by atoms with van der Waals surface area (Å²) in [5.74, 6) is 1.53. The summed E-state index contributed by atoms with van der Waals surface area (Å²) in [6, 6.07) is 6.15. The van der Waals surface area contributed by atoms with Crippen molar-refractivity contribution in [3.8, 4) is 17.6 Å². The molecule has 4 rings (SSSR count). The molecule has 1 aliphatic rings. The highest BCUT2D eigenvalue weighted by Crippen LogP contribution is 2.41. The van der Waals surface area contributed by atoms with Gasteiger partial charge in [0.2, 0.25) is 6.79 Å². The first-order valence-electron chi connectivity index (χ1n) is 9.28. The second kappa shape index (κ2) is 8.14. The Bertz CT molecular complexity index is 1090. The fourth-order valence-electron chi connectivity index (χ4n) is 3.03. The Morgan fingerprint density at radius 1 is 1.31 bits per heavy atom. The molecule has 0 amide bonds. The molecule has 2 aromatic heterocycles. The molecule has 0 spiro atoms. The molecule has 0 unspecified atom stereocenters. The van der Waals surface area contributed by atoms with Crippen LogP contribution in [-0.2, 0) is 6.54 Å². The van der Waals surface area contributed by atoms with E-state index < -0.39 is 0 Å². The molecule has 1 aromatic carbocycles. The van der Waals surface area contributed by atoms with Crippen molar-refractivity contribution in [2.24, 2.45) is 0 Å². The van der Waals surface area contributed by atoms with E-state index in [1.165, 1.54) is 18.1 Å². The van der Waals surface area contributed by atoms with Gasteiger partial charge in [0.1, 0.15) is 12.4 Å². The van der Waals surface area contributed by atoms with Crippen LogP contribution in [-0.4, -0.2) is 38.9 Å². The lowest BCUT2D eigenvalue weighted by atomic mass is 10.2. The van der Waals surface area contributed by atoms with E-state index in [-0.39, 0.29) is 6.79 Å². The molecule has 29 heavy (non-hydrogen) atoms. The van der Waals surface area contributed by atoms with E-state index in [2.05, 4.69) is 40.2 Å². The van der Waals surface area contributed by atoms with Gasteiger partial charge in [-0.1, -0.05) is 25.6 Å². The minimum absolute atomic E-state index is 0.155. The van der Waals surface area contributed by atoms with E-state index in [9.17, 15) is 5.26 Å². The van der Waals surface area contributed by atoms with Crippen molar-refractivity contribution < 1.29 is 9.47 Å². The summed E-state index contributed by atoms with van der Waals surface area (Å²) >= 11 is 1.38. The van der Waals surface area contributed by atoms with Gasteiger partial charge in [0.25, 0.3) is 0 Å². The summed E-state index contributed by atoms with van der Waals surface area (Å²) < 4.78 is 12.9. The summed E-state index contributed by atoms with van der Waals surface area (Å²) in [6.07, 6.45) is 2.34. The van der Waals surface area contributed by atoms with Crippen LogP contribution in [0.3, 0.4) is 0 Å². The normalized spacial score (nSPS) is 12.6. The smallest absolute Gasteiger partial charge is 0.231 e. The van der Waals surface area contributed by atoms with Crippen molar-refractivity contribution in [2.45, 2.75) is 42.9 Å². The first-order valence-corrected chi connectivity index (χ1v) is 10.1. The average Bonchev–Trinajstić information content (AvgIpc) is 3.29. The lowest BCUT2D eigenvalue weighted by Crippen LogP contribution is -2.24. The van der Waals surface area contributed by atoms with Gasteiger partial charge in [-0.15, -0.1) is 0 Å². The van der Waals surface area contributed by atoms with Crippen molar-refractivity contribution in [1.29, 1.82) is 5.26 Å². The van der Waals surface area contributed by atoms with Gasteiger partial charge >= 0.3 is 0 Å². The summed E-state index contributed by atoms with van der Waals surface area (Å²) in [6.45, 7) is 5.97. The molecule has 3 aromatic rings. The number of hydrogen-bond acceptors (Lipinski definition) is 9. The lowest BCUT2D eigenvalue weighted by molar-refractivity contribution is 0.174. The molecule has 150 valence electrons. The first kappa shape index (κ1) is 19.3. The summed E-state index contributed by atoms with van der Waals surface area (Å²) in [4.78, 5) is 13.8. The van der Waals surface area contributed by atoms with Crippen molar-refractivity contribution >= 4 is 28.7 Å². The molecule has 0 bridgehead atoms. The Balaban J connectivity index is 1.69. The van der Waals surface area contributed by atoms with Crippen LogP contribution < -0.4 is 20.5 Å². The van der Waals surface area contributed by atoms with Gasteiger partial charge in [-0.25, -0.2) is 15.0 Å². The Labute approximate surface area is 172 Å². The Morgan fingerprint density at radius 2 is 2.10 bits per heavy atom. The van der Waals surface area contributed by atoms with Gasteiger partial charge in [-0.3, -0.25) is 0 Å². The topological polar surface area (TPSA) is 124 Å². The number of nitrogens with zero attached hydrogens (tertiary/aromatic N) is 5. The van der Waals surface area contributed by atoms with E-state index in [1.54, 1.807) is 6.07 Å². The van der Waals surface area contributed by atoms with Gasteiger partial charge in [0.15, 0.2) is 33.6 Å². The predicted molar refractivity (Wildman–Crippen MR) is 109 cm³/mol. The number of hydrogen-bond donors (Lipinski definition) is 2. The second-order valence-electron chi connectivity index (χ2n) is 6.86. The van der Waals surface area contributed by atoms with Crippen LogP contribution in [0.15, 0.2) is 28.5 Å². The number of nitrogens with one attached hydrogen (secondary N) is 1. The van der Waals surface area contributed by atoms with Crippen LogP contribution in [0, 0.1) is 11.3 Å². The number of imidazole rings is 1. The molecule has 0 fully saturated rings. The maximum Gasteiger partial charge on any atom is 0.231 e. The fourth-order valence-corrected chi connectivity index (χ4v) is 4.04.